The first-order chi connectivity index (χ1) is 11.7. The molecule has 0 radical (unpaired) electrons. The number of aromatic nitrogens is 4. The van der Waals surface area contributed by atoms with Crippen LogP contribution in [0.2, 0.25) is 0 Å². The molecule has 120 valence electrons. The van der Waals surface area contributed by atoms with Crippen molar-refractivity contribution in [1.82, 2.24) is 20.2 Å². The van der Waals surface area contributed by atoms with Crippen LogP contribution in [0, 0.1) is 6.92 Å². The highest BCUT2D eigenvalue weighted by Crippen LogP contribution is 2.33. The van der Waals surface area contributed by atoms with Gasteiger partial charge < -0.3 is 5.11 Å². The molecule has 0 saturated carbocycles. The van der Waals surface area contributed by atoms with Crippen LogP contribution in [0.25, 0.3) is 33.2 Å². The van der Waals surface area contributed by atoms with Crippen molar-refractivity contribution in [2.45, 2.75) is 26.7 Å². The lowest BCUT2D eigenvalue weighted by Gasteiger charge is -2.14. The van der Waals surface area contributed by atoms with Crippen LogP contribution in [0.1, 0.15) is 24.5 Å². The Morgan fingerprint density at radius 3 is 2.75 bits per heavy atom. The van der Waals surface area contributed by atoms with Gasteiger partial charge in [0.25, 0.3) is 0 Å². The molecule has 3 heterocycles. The van der Waals surface area contributed by atoms with Gasteiger partial charge in [0, 0.05) is 10.8 Å². The van der Waals surface area contributed by atoms with E-state index in [-0.39, 0.29) is 5.75 Å². The average molecular weight is 318 g/mol. The van der Waals surface area contributed by atoms with Crippen molar-refractivity contribution in [3.63, 3.8) is 0 Å². The van der Waals surface area contributed by atoms with Crippen molar-refractivity contribution in [3.05, 3.63) is 47.8 Å². The molecule has 0 aliphatic carbocycles. The maximum absolute atomic E-state index is 9.50. The van der Waals surface area contributed by atoms with Crippen LogP contribution >= 0.6 is 0 Å². The van der Waals surface area contributed by atoms with Crippen LogP contribution in [0.4, 0.5) is 0 Å². The number of rotatable bonds is 3. The summed E-state index contributed by atoms with van der Waals surface area (Å²) in [7, 11) is 0. The van der Waals surface area contributed by atoms with Gasteiger partial charge in [-0.25, -0.2) is 4.98 Å². The SMILES string of the molecule is CCCc1c(-c2ccc(O)cn2)nc2ccc3[nH]ncc3c2c1C. The Morgan fingerprint density at radius 2 is 2.00 bits per heavy atom. The Morgan fingerprint density at radius 1 is 1.12 bits per heavy atom. The van der Waals surface area contributed by atoms with Gasteiger partial charge in [0.1, 0.15) is 5.75 Å². The van der Waals surface area contributed by atoms with E-state index in [1.807, 2.05) is 24.4 Å². The summed E-state index contributed by atoms with van der Waals surface area (Å²) >= 11 is 0. The Hall–Kier alpha value is -2.95. The number of hydrogen-bond donors (Lipinski definition) is 2. The van der Waals surface area contributed by atoms with Crippen molar-refractivity contribution < 1.29 is 5.11 Å². The van der Waals surface area contributed by atoms with E-state index in [9.17, 15) is 5.11 Å². The molecular weight excluding hydrogens is 300 g/mol. The standard InChI is InChI=1S/C19H18N4O/c1-3-4-13-11(2)18-14-10-21-23-15(14)7-8-16(18)22-19(13)17-6-5-12(24)9-20-17/h5-10,24H,3-4H2,1-2H3,(H,21,23). The third-order valence-corrected chi connectivity index (χ3v) is 4.44. The average Bonchev–Trinajstić information content (AvgIpc) is 3.06. The molecule has 0 aliphatic rings. The van der Waals surface area contributed by atoms with Gasteiger partial charge in [-0.05, 0) is 48.7 Å². The number of aromatic hydroxyl groups is 1. The minimum atomic E-state index is 0.161. The number of aryl methyl sites for hydroxylation is 1. The van der Waals surface area contributed by atoms with E-state index in [1.165, 1.54) is 17.3 Å². The fraction of sp³-hybridized carbons (Fsp3) is 0.211. The van der Waals surface area contributed by atoms with Gasteiger partial charge in [0.2, 0.25) is 0 Å². The topological polar surface area (TPSA) is 74.7 Å². The third kappa shape index (κ3) is 2.21. The second-order valence-electron chi connectivity index (χ2n) is 6.01. The van der Waals surface area contributed by atoms with E-state index in [4.69, 9.17) is 4.98 Å². The lowest BCUT2D eigenvalue weighted by molar-refractivity contribution is 0.473. The number of nitrogens with one attached hydrogen (secondary N) is 1. The number of hydrogen-bond acceptors (Lipinski definition) is 4. The smallest absolute Gasteiger partial charge is 0.133 e. The minimum Gasteiger partial charge on any atom is -0.506 e. The summed E-state index contributed by atoms with van der Waals surface area (Å²) in [6.45, 7) is 4.31. The van der Waals surface area contributed by atoms with Gasteiger partial charge >= 0.3 is 0 Å². The first-order valence-corrected chi connectivity index (χ1v) is 8.09. The van der Waals surface area contributed by atoms with Crippen LogP contribution in [-0.4, -0.2) is 25.3 Å². The molecule has 24 heavy (non-hydrogen) atoms. The molecule has 5 heteroatoms. The van der Waals surface area contributed by atoms with Crippen molar-refractivity contribution in [2.75, 3.05) is 0 Å². The van der Waals surface area contributed by atoms with E-state index in [0.29, 0.717) is 0 Å². The predicted octanol–water partition coefficient (Wildman–Crippen LogP) is 4.14. The monoisotopic (exact) mass is 318 g/mol. The van der Waals surface area contributed by atoms with E-state index in [1.54, 1.807) is 6.07 Å². The predicted molar refractivity (Wildman–Crippen MR) is 95.0 cm³/mol. The quantitative estimate of drug-likeness (QED) is 0.595. The summed E-state index contributed by atoms with van der Waals surface area (Å²) in [4.78, 5) is 9.26. The van der Waals surface area contributed by atoms with E-state index in [0.717, 1.165) is 46.0 Å². The molecule has 4 aromatic rings. The molecule has 0 atom stereocenters. The molecule has 2 N–H and O–H groups in total. The van der Waals surface area contributed by atoms with Crippen LogP contribution in [0.3, 0.4) is 0 Å². The number of pyridine rings is 2. The van der Waals surface area contributed by atoms with Gasteiger partial charge in [0.05, 0.1) is 34.8 Å². The van der Waals surface area contributed by atoms with Crippen molar-refractivity contribution in [3.8, 4) is 17.1 Å². The Balaban J connectivity index is 2.07. The van der Waals surface area contributed by atoms with E-state index >= 15 is 0 Å². The highest BCUT2D eigenvalue weighted by molar-refractivity contribution is 6.07. The van der Waals surface area contributed by atoms with Gasteiger partial charge in [-0.15, -0.1) is 0 Å². The Kier molecular flexibility index (Phi) is 3.41. The molecule has 0 aliphatic heterocycles. The zero-order valence-corrected chi connectivity index (χ0v) is 13.7. The fourth-order valence-corrected chi connectivity index (χ4v) is 3.30. The second kappa shape index (κ2) is 5.60. The Labute approximate surface area is 139 Å². The first-order valence-electron chi connectivity index (χ1n) is 8.09. The van der Waals surface area contributed by atoms with Crippen LogP contribution < -0.4 is 0 Å². The van der Waals surface area contributed by atoms with Gasteiger partial charge in [-0.3, -0.25) is 10.1 Å². The molecule has 0 spiro atoms. The largest absolute Gasteiger partial charge is 0.506 e. The fourth-order valence-electron chi connectivity index (χ4n) is 3.30. The molecule has 1 aromatic carbocycles. The number of fused-ring (bicyclic) bond motifs is 3. The molecule has 0 saturated heterocycles. The summed E-state index contributed by atoms with van der Waals surface area (Å²) < 4.78 is 0. The normalized spacial score (nSPS) is 11.4. The number of nitrogens with zero attached hydrogens (tertiary/aromatic N) is 3. The first kappa shape index (κ1) is 14.6. The molecule has 3 aromatic heterocycles. The highest BCUT2D eigenvalue weighted by Gasteiger charge is 2.16. The van der Waals surface area contributed by atoms with E-state index in [2.05, 4.69) is 29.0 Å². The zero-order valence-electron chi connectivity index (χ0n) is 13.7. The van der Waals surface area contributed by atoms with Gasteiger partial charge in [0.15, 0.2) is 0 Å². The number of H-pyrrole nitrogens is 1. The summed E-state index contributed by atoms with van der Waals surface area (Å²) in [5, 5.41) is 18.9. The van der Waals surface area contributed by atoms with Crippen LogP contribution in [0.5, 0.6) is 5.75 Å². The summed E-state index contributed by atoms with van der Waals surface area (Å²) in [6, 6.07) is 7.49. The summed E-state index contributed by atoms with van der Waals surface area (Å²) in [5.41, 5.74) is 6.06. The molecule has 0 bridgehead atoms. The molecule has 5 nitrogen and oxygen atoms in total. The Bertz CT molecular complexity index is 1030. The third-order valence-electron chi connectivity index (χ3n) is 4.44. The number of aromatic amines is 1. The lowest BCUT2D eigenvalue weighted by Crippen LogP contribution is -2.00. The molecule has 0 amide bonds. The van der Waals surface area contributed by atoms with Gasteiger partial charge in [-0.1, -0.05) is 13.3 Å². The minimum absolute atomic E-state index is 0.161. The molecule has 0 fully saturated rings. The molecule has 4 rings (SSSR count). The van der Waals surface area contributed by atoms with Crippen molar-refractivity contribution >= 4 is 21.8 Å². The molecular formula is C19H18N4O. The van der Waals surface area contributed by atoms with Crippen LogP contribution in [-0.2, 0) is 6.42 Å². The maximum atomic E-state index is 9.50. The second-order valence-corrected chi connectivity index (χ2v) is 6.01. The highest BCUT2D eigenvalue weighted by atomic mass is 16.3. The van der Waals surface area contributed by atoms with E-state index < -0.39 is 0 Å². The van der Waals surface area contributed by atoms with Crippen molar-refractivity contribution in [1.29, 1.82) is 0 Å². The maximum Gasteiger partial charge on any atom is 0.133 e. The van der Waals surface area contributed by atoms with Crippen LogP contribution in [0.15, 0.2) is 36.7 Å². The van der Waals surface area contributed by atoms with Gasteiger partial charge in [-0.2, -0.15) is 5.10 Å². The summed E-state index contributed by atoms with van der Waals surface area (Å²) in [6.07, 6.45) is 5.29. The number of benzene rings is 1. The van der Waals surface area contributed by atoms with Crippen molar-refractivity contribution in [2.24, 2.45) is 0 Å². The molecule has 0 unspecified atom stereocenters. The zero-order chi connectivity index (χ0) is 16.7. The summed E-state index contributed by atoms with van der Waals surface area (Å²) in [5.74, 6) is 0.161. The lowest BCUT2D eigenvalue weighted by atomic mass is 9.95.